The molecule has 0 bridgehead atoms. The third-order valence-corrected chi connectivity index (χ3v) is 5.32. The van der Waals surface area contributed by atoms with Gasteiger partial charge in [0.25, 0.3) is 0 Å². The van der Waals surface area contributed by atoms with Crippen molar-refractivity contribution < 1.29 is 19.4 Å². The van der Waals surface area contributed by atoms with Crippen molar-refractivity contribution in [2.75, 3.05) is 20.3 Å². The molecule has 2 rings (SSSR count). The van der Waals surface area contributed by atoms with Crippen LogP contribution in [0, 0.1) is 23.2 Å². The maximum Gasteiger partial charge on any atom is 0.307 e. The summed E-state index contributed by atoms with van der Waals surface area (Å²) in [4.78, 5) is 23.7. The molecule has 5 nitrogen and oxygen atoms in total. The topological polar surface area (TPSA) is 75.6 Å². The minimum Gasteiger partial charge on any atom is -0.481 e. The van der Waals surface area contributed by atoms with E-state index >= 15 is 0 Å². The van der Waals surface area contributed by atoms with Gasteiger partial charge in [-0.2, -0.15) is 0 Å². The molecule has 0 aromatic rings. The molecule has 1 unspecified atom stereocenters. The summed E-state index contributed by atoms with van der Waals surface area (Å²) in [6.07, 6.45) is 5.52. The summed E-state index contributed by atoms with van der Waals surface area (Å²) >= 11 is 0. The van der Waals surface area contributed by atoms with E-state index in [9.17, 15) is 14.7 Å². The molecule has 2 aliphatic rings. The lowest BCUT2D eigenvalue weighted by atomic mass is 9.94. The number of carboxylic acids is 1. The van der Waals surface area contributed by atoms with Crippen LogP contribution in [0.25, 0.3) is 0 Å². The highest BCUT2D eigenvalue weighted by molar-refractivity contribution is 5.85. The summed E-state index contributed by atoms with van der Waals surface area (Å²) in [5.74, 6) is -1.39. The summed E-state index contributed by atoms with van der Waals surface area (Å²) in [6, 6.07) is 0. The van der Waals surface area contributed by atoms with E-state index in [1.54, 1.807) is 7.11 Å². The van der Waals surface area contributed by atoms with Gasteiger partial charge in [-0.05, 0) is 43.4 Å². The Morgan fingerprint density at radius 3 is 2.48 bits per heavy atom. The largest absolute Gasteiger partial charge is 0.481 e. The van der Waals surface area contributed by atoms with Gasteiger partial charge in [0.15, 0.2) is 0 Å². The third-order valence-electron chi connectivity index (χ3n) is 5.32. The molecule has 2 saturated carbocycles. The number of methoxy groups -OCH3 is 1. The van der Waals surface area contributed by atoms with Crippen LogP contribution in [0.2, 0.25) is 0 Å². The Morgan fingerprint density at radius 1 is 1.29 bits per heavy atom. The van der Waals surface area contributed by atoms with Gasteiger partial charge in [-0.1, -0.05) is 13.3 Å². The quantitative estimate of drug-likeness (QED) is 0.719. The molecular formula is C16H27NO4. The van der Waals surface area contributed by atoms with Crippen molar-refractivity contribution in [3.63, 3.8) is 0 Å². The van der Waals surface area contributed by atoms with Crippen LogP contribution in [0.1, 0.15) is 45.4 Å². The van der Waals surface area contributed by atoms with E-state index < -0.39 is 11.9 Å². The van der Waals surface area contributed by atoms with Gasteiger partial charge in [0.05, 0.1) is 11.8 Å². The fourth-order valence-corrected chi connectivity index (χ4v) is 3.46. The number of hydrogen-bond acceptors (Lipinski definition) is 3. The van der Waals surface area contributed by atoms with Gasteiger partial charge >= 0.3 is 5.97 Å². The number of hydrogen-bond donors (Lipinski definition) is 2. The molecule has 2 aliphatic carbocycles. The molecule has 1 amide bonds. The minimum absolute atomic E-state index is 0.0676. The van der Waals surface area contributed by atoms with Crippen molar-refractivity contribution in [1.82, 2.24) is 5.32 Å². The van der Waals surface area contributed by atoms with Crippen molar-refractivity contribution in [3.05, 3.63) is 0 Å². The summed E-state index contributed by atoms with van der Waals surface area (Å²) in [5, 5.41) is 12.3. The standard InChI is InChI=1S/C16H27NO4/c1-3-11-8-12(13(9-11)15(19)20)14(18)17-10-16(4-5-16)6-7-21-2/h11-13H,3-10H2,1-2H3,(H,17,18)(H,19,20)/t11?,12-,13+/m0/s1. The number of carboxylic acid groups (broad SMARTS) is 1. The second kappa shape index (κ2) is 6.77. The minimum atomic E-state index is -0.827. The zero-order valence-electron chi connectivity index (χ0n) is 13.1. The lowest BCUT2D eigenvalue weighted by molar-refractivity contribution is -0.146. The Labute approximate surface area is 126 Å². The first kappa shape index (κ1) is 16.3. The highest BCUT2D eigenvalue weighted by Crippen LogP contribution is 2.48. The lowest BCUT2D eigenvalue weighted by Gasteiger charge is -2.19. The number of carbonyl (C=O) groups excluding carboxylic acids is 1. The number of aliphatic carboxylic acids is 1. The maximum atomic E-state index is 12.4. The van der Waals surface area contributed by atoms with E-state index in [1.165, 1.54) is 0 Å². The number of amides is 1. The van der Waals surface area contributed by atoms with Gasteiger partial charge in [-0.15, -0.1) is 0 Å². The van der Waals surface area contributed by atoms with E-state index in [2.05, 4.69) is 12.2 Å². The fraction of sp³-hybridized carbons (Fsp3) is 0.875. The average Bonchev–Trinajstić information content (AvgIpc) is 3.10. The molecule has 0 radical (unpaired) electrons. The second-order valence-corrected chi connectivity index (χ2v) is 6.76. The third kappa shape index (κ3) is 3.96. The van der Waals surface area contributed by atoms with Crippen LogP contribution in [0.5, 0.6) is 0 Å². The van der Waals surface area contributed by atoms with Gasteiger partial charge in [-0.25, -0.2) is 0 Å². The van der Waals surface area contributed by atoms with Crippen molar-refractivity contribution in [2.45, 2.75) is 45.4 Å². The summed E-state index contributed by atoms with van der Waals surface area (Å²) in [5.41, 5.74) is 0.202. The average molecular weight is 297 g/mol. The van der Waals surface area contributed by atoms with Crippen LogP contribution in [0.15, 0.2) is 0 Å². The molecule has 0 heterocycles. The molecule has 0 spiro atoms. The van der Waals surface area contributed by atoms with E-state index in [-0.39, 0.29) is 17.2 Å². The molecule has 120 valence electrons. The first-order valence-corrected chi connectivity index (χ1v) is 8.01. The lowest BCUT2D eigenvalue weighted by Crippen LogP contribution is -2.38. The highest BCUT2D eigenvalue weighted by atomic mass is 16.5. The van der Waals surface area contributed by atoms with Crippen LogP contribution in [0.3, 0.4) is 0 Å². The van der Waals surface area contributed by atoms with E-state index in [0.717, 1.165) is 32.3 Å². The molecule has 3 atom stereocenters. The molecule has 0 aliphatic heterocycles. The first-order chi connectivity index (χ1) is 10.0. The Balaban J connectivity index is 1.86. The van der Waals surface area contributed by atoms with Crippen LogP contribution >= 0.6 is 0 Å². The molecule has 0 saturated heterocycles. The maximum absolute atomic E-state index is 12.4. The Morgan fingerprint density at radius 2 is 1.95 bits per heavy atom. The monoisotopic (exact) mass is 297 g/mol. The molecule has 0 aromatic carbocycles. The SMILES string of the molecule is CCC1C[C@H](C(=O)NCC2(CCOC)CC2)[C@H](C(=O)O)C1. The zero-order chi connectivity index (χ0) is 15.5. The predicted molar refractivity (Wildman–Crippen MR) is 78.8 cm³/mol. The molecule has 0 aromatic heterocycles. The van der Waals surface area contributed by atoms with Crippen LogP contribution in [-0.2, 0) is 14.3 Å². The molecule has 2 N–H and O–H groups in total. The molecule has 2 fully saturated rings. The Bertz CT molecular complexity index is 392. The van der Waals surface area contributed by atoms with Crippen molar-refractivity contribution in [2.24, 2.45) is 23.2 Å². The predicted octanol–water partition coefficient (Wildman–Crippen LogP) is 2.06. The van der Waals surface area contributed by atoms with Gasteiger partial charge < -0.3 is 15.2 Å². The number of ether oxygens (including phenoxy) is 1. The second-order valence-electron chi connectivity index (χ2n) is 6.76. The number of nitrogens with one attached hydrogen (secondary N) is 1. The number of rotatable bonds is 8. The van der Waals surface area contributed by atoms with Crippen LogP contribution < -0.4 is 5.32 Å². The Kier molecular flexibility index (Phi) is 5.25. The van der Waals surface area contributed by atoms with E-state index in [4.69, 9.17) is 4.74 Å². The van der Waals surface area contributed by atoms with Crippen molar-refractivity contribution in [1.29, 1.82) is 0 Å². The smallest absolute Gasteiger partial charge is 0.307 e. The van der Waals surface area contributed by atoms with Crippen LogP contribution in [0.4, 0.5) is 0 Å². The normalized spacial score (nSPS) is 30.1. The van der Waals surface area contributed by atoms with Gasteiger partial charge in [0, 0.05) is 20.3 Å². The molecule has 5 heteroatoms. The summed E-state index contributed by atoms with van der Waals surface area (Å²) in [6.45, 7) is 3.44. The number of carbonyl (C=O) groups is 2. The van der Waals surface area contributed by atoms with E-state index in [0.29, 0.717) is 25.3 Å². The van der Waals surface area contributed by atoms with Crippen molar-refractivity contribution >= 4 is 11.9 Å². The highest BCUT2D eigenvalue weighted by Gasteiger charge is 2.45. The first-order valence-electron chi connectivity index (χ1n) is 8.01. The van der Waals surface area contributed by atoms with E-state index in [1.807, 2.05) is 0 Å². The Hall–Kier alpha value is -1.10. The van der Waals surface area contributed by atoms with Gasteiger partial charge in [0.1, 0.15) is 0 Å². The van der Waals surface area contributed by atoms with Gasteiger partial charge in [0.2, 0.25) is 5.91 Å². The summed E-state index contributed by atoms with van der Waals surface area (Å²) < 4.78 is 5.11. The zero-order valence-corrected chi connectivity index (χ0v) is 13.1. The van der Waals surface area contributed by atoms with Crippen LogP contribution in [-0.4, -0.2) is 37.2 Å². The molecular weight excluding hydrogens is 270 g/mol. The molecule has 21 heavy (non-hydrogen) atoms. The summed E-state index contributed by atoms with van der Waals surface area (Å²) in [7, 11) is 1.69. The van der Waals surface area contributed by atoms with Crippen molar-refractivity contribution in [3.8, 4) is 0 Å². The fourth-order valence-electron chi connectivity index (χ4n) is 3.46. The van der Waals surface area contributed by atoms with Gasteiger partial charge in [-0.3, -0.25) is 9.59 Å².